The number of pyridine rings is 1. The first-order valence-electron chi connectivity index (χ1n) is 18.4. The molecule has 282 valence electrons. The molecule has 0 unspecified atom stereocenters. The van der Waals surface area contributed by atoms with Crippen molar-refractivity contribution in [1.29, 1.82) is 0 Å². The predicted molar refractivity (Wildman–Crippen MR) is 208 cm³/mol. The van der Waals surface area contributed by atoms with E-state index in [1.165, 1.54) is 0 Å². The van der Waals surface area contributed by atoms with Crippen molar-refractivity contribution in [3.8, 4) is 5.75 Å². The average molecular weight is 740 g/mol. The molecule has 4 heterocycles. The number of aromatic nitrogens is 2. The number of carbonyl (C=O) groups excluding carboxylic acids is 4. The molecule has 0 spiro atoms. The van der Waals surface area contributed by atoms with Gasteiger partial charge in [0.05, 0.1) is 24.2 Å². The molecule has 55 heavy (non-hydrogen) atoms. The van der Waals surface area contributed by atoms with E-state index >= 15 is 0 Å². The fourth-order valence-electron chi connectivity index (χ4n) is 7.87. The van der Waals surface area contributed by atoms with Crippen LogP contribution in [0.1, 0.15) is 39.0 Å². The van der Waals surface area contributed by atoms with Gasteiger partial charge in [0.15, 0.2) is 0 Å². The normalized spacial score (nSPS) is 17.4. The van der Waals surface area contributed by atoms with Gasteiger partial charge in [-0.3, -0.25) is 24.2 Å². The predicted octanol–water partition coefficient (Wildman–Crippen LogP) is 4.54. The number of nitrogens with zero attached hydrogens (tertiary/aromatic N) is 7. The van der Waals surface area contributed by atoms with Crippen molar-refractivity contribution in [2.75, 3.05) is 26.7 Å². The summed E-state index contributed by atoms with van der Waals surface area (Å²) in [6, 6.07) is 25.0. The second kappa shape index (κ2) is 16.0. The molecule has 3 aromatic carbocycles. The molecule has 0 saturated carbocycles. The number of rotatable bonds is 12. The van der Waals surface area contributed by atoms with Gasteiger partial charge in [-0.1, -0.05) is 72.8 Å². The van der Waals surface area contributed by atoms with Crippen molar-refractivity contribution in [2.24, 2.45) is 7.05 Å². The fraction of sp³-hybridized carbons (Fsp3) is 0.279. The lowest BCUT2D eigenvalue weighted by Crippen LogP contribution is -2.75. The number of carbonyl (C=O) groups is 4. The molecule has 5 aromatic rings. The number of fused-ring (bicyclic) bond motifs is 2. The molecule has 2 atom stereocenters. The highest BCUT2D eigenvalue weighted by Crippen LogP contribution is 2.32. The number of aromatic hydroxyl groups is 1. The first-order chi connectivity index (χ1) is 26.6. The molecule has 12 heteroatoms. The van der Waals surface area contributed by atoms with E-state index in [0.717, 1.165) is 33.2 Å². The highest BCUT2D eigenvalue weighted by atomic mass is 16.3. The molecule has 2 aliphatic rings. The average Bonchev–Trinajstić information content (AvgIpc) is 3.53. The van der Waals surface area contributed by atoms with Crippen molar-refractivity contribution in [2.45, 2.75) is 44.6 Å². The Kier molecular flexibility index (Phi) is 10.8. The van der Waals surface area contributed by atoms with Gasteiger partial charge in [0.2, 0.25) is 17.7 Å². The number of phenols is 1. The molecular formula is C43H45N7O5. The third kappa shape index (κ3) is 7.72. The van der Waals surface area contributed by atoms with Crippen LogP contribution in [-0.4, -0.2) is 102 Å². The van der Waals surface area contributed by atoms with Crippen LogP contribution >= 0.6 is 0 Å². The number of para-hydroxylation sites is 1. The van der Waals surface area contributed by atoms with Gasteiger partial charge < -0.3 is 24.4 Å². The van der Waals surface area contributed by atoms with Crippen LogP contribution in [0.4, 0.5) is 0 Å². The van der Waals surface area contributed by atoms with Gasteiger partial charge in [0, 0.05) is 70.5 Å². The van der Waals surface area contributed by atoms with Crippen LogP contribution < -0.4 is 0 Å². The Labute approximate surface area is 320 Å². The van der Waals surface area contributed by atoms with Gasteiger partial charge in [0.1, 0.15) is 18.0 Å². The Balaban J connectivity index is 1.23. The first kappa shape index (κ1) is 37.1. The smallest absolute Gasteiger partial charge is 0.256 e. The zero-order valence-corrected chi connectivity index (χ0v) is 31.1. The summed E-state index contributed by atoms with van der Waals surface area (Å²) in [5.41, 5.74) is 4.89. The van der Waals surface area contributed by atoms with E-state index in [1.807, 2.05) is 78.5 Å². The molecule has 2 aromatic heterocycles. The summed E-state index contributed by atoms with van der Waals surface area (Å²) in [7, 11) is 3.65. The zero-order valence-electron chi connectivity index (χ0n) is 31.1. The molecule has 1 N–H and O–H groups in total. The monoisotopic (exact) mass is 739 g/mol. The number of hydrazine groups is 1. The minimum absolute atomic E-state index is 0.0757. The molecule has 4 amide bonds. The van der Waals surface area contributed by atoms with E-state index in [4.69, 9.17) is 0 Å². The van der Waals surface area contributed by atoms with Gasteiger partial charge in [-0.25, -0.2) is 10.0 Å². The maximum atomic E-state index is 14.7. The Hall–Kier alpha value is -6.27. The van der Waals surface area contributed by atoms with E-state index in [2.05, 4.69) is 11.6 Å². The van der Waals surface area contributed by atoms with E-state index < -0.39 is 12.2 Å². The third-order valence-electron chi connectivity index (χ3n) is 10.4. The van der Waals surface area contributed by atoms with Crippen LogP contribution in [0.15, 0.2) is 116 Å². The minimum atomic E-state index is -0.906. The molecule has 0 aliphatic carbocycles. The van der Waals surface area contributed by atoms with Crippen molar-refractivity contribution >= 4 is 34.5 Å². The number of benzene rings is 3. The van der Waals surface area contributed by atoms with Crippen molar-refractivity contribution in [3.05, 3.63) is 144 Å². The summed E-state index contributed by atoms with van der Waals surface area (Å²) in [6.45, 7) is 4.76. The summed E-state index contributed by atoms with van der Waals surface area (Å²) >= 11 is 0. The second-order valence-electron chi connectivity index (χ2n) is 14.2. The molecule has 0 bridgehead atoms. The third-order valence-corrected chi connectivity index (χ3v) is 10.4. The maximum absolute atomic E-state index is 14.7. The lowest BCUT2D eigenvalue weighted by atomic mass is 9.97. The van der Waals surface area contributed by atoms with E-state index in [9.17, 15) is 24.3 Å². The first-order valence-corrected chi connectivity index (χ1v) is 18.4. The number of hydrogen-bond acceptors (Lipinski definition) is 7. The van der Waals surface area contributed by atoms with E-state index in [-0.39, 0.29) is 68.4 Å². The molecule has 12 nitrogen and oxygen atoms in total. The van der Waals surface area contributed by atoms with Crippen molar-refractivity contribution < 1.29 is 24.3 Å². The molecule has 0 radical (unpaired) electrons. The zero-order chi connectivity index (χ0) is 38.6. The van der Waals surface area contributed by atoms with E-state index in [0.29, 0.717) is 18.5 Å². The number of amides is 4. The summed E-state index contributed by atoms with van der Waals surface area (Å²) in [5.74, 6) is -0.699. The summed E-state index contributed by atoms with van der Waals surface area (Å²) < 4.78 is 1.92. The minimum Gasteiger partial charge on any atom is -0.508 e. The van der Waals surface area contributed by atoms with Gasteiger partial charge in [-0.05, 0) is 46.9 Å². The van der Waals surface area contributed by atoms with Crippen LogP contribution in [-0.2, 0) is 47.4 Å². The number of aryl methyl sites for hydroxylation is 2. The topological polar surface area (TPSA) is 123 Å². The van der Waals surface area contributed by atoms with Crippen LogP contribution in [0, 0.1) is 0 Å². The highest BCUT2D eigenvalue weighted by molar-refractivity contribution is 6.07. The second-order valence-corrected chi connectivity index (χ2v) is 14.2. The molecule has 2 aliphatic heterocycles. The maximum Gasteiger partial charge on any atom is 0.256 e. The lowest BCUT2D eigenvalue weighted by Gasteiger charge is -2.55. The van der Waals surface area contributed by atoms with Crippen molar-refractivity contribution in [1.82, 2.24) is 34.3 Å². The molecule has 2 fully saturated rings. The highest BCUT2D eigenvalue weighted by Gasteiger charge is 2.51. The van der Waals surface area contributed by atoms with Crippen LogP contribution in [0.2, 0.25) is 0 Å². The Morgan fingerprint density at radius 1 is 0.964 bits per heavy atom. The lowest BCUT2D eigenvalue weighted by molar-refractivity contribution is -0.205. The quantitative estimate of drug-likeness (QED) is 0.187. The Morgan fingerprint density at radius 3 is 2.45 bits per heavy atom. The largest absolute Gasteiger partial charge is 0.508 e. The van der Waals surface area contributed by atoms with Gasteiger partial charge in [0.25, 0.3) is 5.91 Å². The molecule has 7 rings (SSSR count). The summed E-state index contributed by atoms with van der Waals surface area (Å²) in [4.78, 5) is 65.9. The summed E-state index contributed by atoms with van der Waals surface area (Å²) in [6.07, 6.45) is 7.09. The summed E-state index contributed by atoms with van der Waals surface area (Å²) in [5, 5.41) is 14.1. The number of phenolic OH excluding ortho intramolecular Hbond substituents is 1. The fourth-order valence-corrected chi connectivity index (χ4v) is 7.87. The van der Waals surface area contributed by atoms with Crippen LogP contribution in [0.25, 0.3) is 10.9 Å². The number of hydrogen-bond donors (Lipinski definition) is 1. The van der Waals surface area contributed by atoms with Crippen molar-refractivity contribution in [3.63, 3.8) is 0 Å². The standard InChI is InChI=1S/C43H45N7O5/c1-4-22-48-29-40(53)49-37(23-31-15-18-34(51)19-16-31)43(55)47(28-38(49)50(48)39(52)20-17-30-10-6-5-7-11-30)26-33-13-8-14-35-36(27-45(2)41(33)35)42(54)46(3)25-32-12-9-21-44-24-32/h4-16,18-19,21,24,27,37-38,51H,1,17,20,22-23,25-26,28-29H2,2-3H3/t37-,38-/m0/s1. The van der Waals surface area contributed by atoms with Gasteiger partial charge in [-0.2, -0.15) is 0 Å². The SMILES string of the molecule is C=CCN1CC(=O)N2[C@@H](Cc3ccc(O)cc3)C(=O)N(Cc3cccc4c(C(=O)N(C)Cc5cccnc5)cn(C)c34)C[C@@H]2N1C(=O)CCc1ccccc1. The van der Waals surface area contributed by atoms with Gasteiger partial charge in [-0.15, -0.1) is 6.58 Å². The molecular weight excluding hydrogens is 695 g/mol. The Morgan fingerprint density at radius 2 is 1.73 bits per heavy atom. The molecule has 2 saturated heterocycles. The van der Waals surface area contributed by atoms with Crippen LogP contribution in [0.3, 0.4) is 0 Å². The van der Waals surface area contributed by atoms with Crippen LogP contribution in [0.5, 0.6) is 5.75 Å². The van der Waals surface area contributed by atoms with Gasteiger partial charge >= 0.3 is 0 Å². The Bertz CT molecular complexity index is 2210. The number of piperazine rings is 1. The van der Waals surface area contributed by atoms with E-state index in [1.54, 1.807) is 74.5 Å².